The van der Waals surface area contributed by atoms with E-state index in [1.54, 1.807) is 0 Å². The Morgan fingerprint density at radius 2 is 1.88 bits per heavy atom. The van der Waals surface area contributed by atoms with E-state index in [2.05, 4.69) is 32.7 Å². The van der Waals surface area contributed by atoms with Gasteiger partial charge in [-0.3, -0.25) is 0 Å². The van der Waals surface area contributed by atoms with Gasteiger partial charge in [0.2, 0.25) is 0 Å². The average molecular weight is 235 g/mol. The lowest BCUT2D eigenvalue weighted by molar-refractivity contribution is 0.161. The zero-order valence-electron chi connectivity index (χ0n) is 11.6. The first-order chi connectivity index (χ1) is 8.00. The zero-order valence-corrected chi connectivity index (χ0v) is 11.6. The summed E-state index contributed by atoms with van der Waals surface area (Å²) in [5.74, 6) is 3.43. The molecule has 0 N–H and O–H groups in total. The fraction of sp³-hybridized carbons (Fsp3) is 0.800. The van der Waals surface area contributed by atoms with E-state index < -0.39 is 0 Å². The van der Waals surface area contributed by atoms with Crippen LogP contribution in [0.1, 0.15) is 70.9 Å². The van der Waals surface area contributed by atoms with Gasteiger partial charge in [-0.25, -0.2) is 4.98 Å². The topological polar surface area (TPSA) is 26.0 Å². The molecule has 2 heteroatoms. The van der Waals surface area contributed by atoms with Gasteiger partial charge in [0.25, 0.3) is 0 Å². The minimum absolute atomic E-state index is 0.455. The Kier molecular flexibility index (Phi) is 3.60. The molecule has 1 aromatic heterocycles. The molecule has 1 aliphatic rings. The number of hydrogen-bond donors (Lipinski definition) is 0. The Balaban J connectivity index is 1.95. The van der Waals surface area contributed by atoms with Crippen LogP contribution < -0.4 is 0 Å². The molecule has 0 aromatic carbocycles. The van der Waals surface area contributed by atoms with Crippen LogP contribution in [0.2, 0.25) is 0 Å². The molecule has 0 atom stereocenters. The number of aryl methyl sites for hydroxylation is 1. The zero-order chi connectivity index (χ0) is 12.5. The molecule has 1 aromatic rings. The van der Waals surface area contributed by atoms with E-state index in [0.717, 1.165) is 24.0 Å². The van der Waals surface area contributed by atoms with Crippen molar-refractivity contribution in [2.75, 3.05) is 0 Å². The Morgan fingerprint density at radius 1 is 1.24 bits per heavy atom. The van der Waals surface area contributed by atoms with Crippen LogP contribution in [-0.4, -0.2) is 4.98 Å². The minimum Gasteiger partial charge on any atom is -0.445 e. The van der Waals surface area contributed by atoms with Gasteiger partial charge in [0.1, 0.15) is 5.76 Å². The second kappa shape index (κ2) is 4.83. The van der Waals surface area contributed by atoms with Crippen LogP contribution in [-0.2, 0) is 6.42 Å². The van der Waals surface area contributed by atoms with Crippen LogP contribution in [0, 0.1) is 11.3 Å². The fourth-order valence-corrected chi connectivity index (χ4v) is 2.88. The highest BCUT2D eigenvalue weighted by atomic mass is 16.4. The lowest BCUT2D eigenvalue weighted by Crippen LogP contribution is -2.25. The van der Waals surface area contributed by atoms with Gasteiger partial charge in [-0.15, -0.1) is 0 Å². The van der Waals surface area contributed by atoms with Crippen LogP contribution in [0.5, 0.6) is 0 Å². The summed E-state index contributed by atoms with van der Waals surface area (Å²) in [4.78, 5) is 4.43. The first kappa shape index (κ1) is 12.7. The van der Waals surface area contributed by atoms with E-state index in [-0.39, 0.29) is 0 Å². The van der Waals surface area contributed by atoms with Crippen molar-refractivity contribution in [2.24, 2.45) is 11.3 Å². The summed E-state index contributed by atoms with van der Waals surface area (Å²) in [6.07, 6.45) is 7.96. The van der Waals surface area contributed by atoms with Gasteiger partial charge >= 0.3 is 0 Å². The highest BCUT2D eigenvalue weighted by Crippen LogP contribution is 2.42. The van der Waals surface area contributed by atoms with Crippen LogP contribution >= 0.6 is 0 Å². The van der Waals surface area contributed by atoms with Gasteiger partial charge in [-0.2, -0.15) is 0 Å². The van der Waals surface area contributed by atoms with Crippen molar-refractivity contribution >= 4 is 0 Å². The van der Waals surface area contributed by atoms with Gasteiger partial charge in [0.15, 0.2) is 5.89 Å². The highest BCUT2D eigenvalue weighted by Gasteiger charge is 2.31. The van der Waals surface area contributed by atoms with Crippen molar-refractivity contribution in [2.45, 2.75) is 65.7 Å². The third-order valence-electron chi connectivity index (χ3n) is 4.22. The summed E-state index contributed by atoms with van der Waals surface area (Å²) in [6, 6.07) is 0. The molecule has 0 spiro atoms. The number of oxazole rings is 1. The third kappa shape index (κ3) is 2.91. The molecule has 2 rings (SSSR count). The van der Waals surface area contributed by atoms with Crippen LogP contribution in [0.25, 0.3) is 0 Å². The number of nitrogens with zero attached hydrogens (tertiary/aromatic N) is 1. The molecule has 1 heterocycles. The molecule has 1 fully saturated rings. The number of aromatic nitrogens is 1. The molecule has 1 saturated carbocycles. The van der Waals surface area contributed by atoms with Gasteiger partial charge < -0.3 is 4.42 Å². The lowest BCUT2D eigenvalue weighted by Gasteiger charge is -2.36. The van der Waals surface area contributed by atoms with Gasteiger partial charge in [-0.05, 0) is 37.0 Å². The maximum absolute atomic E-state index is 5.78. The summed E-state index contributed by atoms with van der Waals surface area (Å²) >= 11 is 0. The number of rotatable bonds is 2. The summed E-state index contributed by atoms with van der Waals surface area (Å²) in [7, 11) is 0. The SMILES string of the molecule is CCc1cnc(C2CCC(C(C)(C)C)CC2)o1. The van der Waals surface area contributed by atoms with E-state index in [9.17, 15) is 0 Å². The third-order valence-corrected chi connectivity index (χ3v) is 4.22. The highest BCUT2D eigenvalue weighted by molar-refractivity contribution is 5.00. The largest absolute Gasteiger partial charge is 0.445 e. The predicted molar refractivity (Wildman–Crippen MR) is 70.0 cm³/mol. The monoisotopic (exact) mass is 235 g/mol. The van der Waals surface area contributed by atoms with E-state index in [0.29, 0.717) is 11.3 Å². The summed E-state index contributed by atoms with van der Waals surface area (Å²) in [6.45, 7) is 9.19. The first-order valence-corrected chi connectivity index (χ1v) is 6.95. The fourth-order valence-electron chi connectivity index (χ4n) is 2.88. The smallest absolute Gasteiger partial charge is 0.197 e. The summed E-state index contributed by atoms with van der Waals surface area (Å²) < 4.78 is 5.78. The van der Waals surface area contributed by atoms with E-state index in [1.807, 2.05) is 6.20 Å². The molecule has 0 unspecified atom stereocenters. The minimum atomic E-state index is 0.455. The van der Waals surface area contributed by atoms with Crippen molar-refractivity contribution in [1.82, 2.24) is 4.98 Å². The van der Waals surface area contributed by atoms with Crippen molar-refractivity contribution < 1.29 is 4.42 Å². The Labute approximate surface area is 105 Å². The molecular weight excluding hydrogens is 210 g/mol. The molecule has 0 saturated heterocycles. The van der Waals surface area contributed by atoms with Gasteiger partial charge in [0, 0.05) is 12.3 Å². The normalized spacial score (nSPS) is 26.1. The van der Waals surface area contributed by atoms with Gasteiger partial charge in [0.05, 0.1) is 6.20 Å². The Bertz CT molecular complexity index is 353. The van der Waals surface area contributed by atoms with Crippen molar-refractivity contribution in [3.63, 3.8) is 0 Å². The average Bonchev–Trinajstić information content (AvgIpc) is 2.76. The predicted octanol–water partition coefficient (Wildman–Crippen LogP) is 4.56. The molecular formula is C15H25NO. The molecule has 17 heavy (non-hydrogen) atoms. The van der Waals surface area contributed by atoms with Crippen LogP contribution in [0.15, 0.2) is 10.6 Å². The van der Waals surface area contributed by atoms with E-state index in [1.165, 1.54) is 25.7 Å². The van der Waals surface area contributed by atoms with E-state index >= 15 is 0 Å². The molecule has 2 nitrogen and oxygen atoms in total. The molecule has 96 valence electrons. The second-order valence-electron chi connectivity index (χ2n) is 6.43. The molecule has 0 radical (unpaired) electrons. The Morgan fingerprint density at radius 3 is 2.35 bits per heavy atom. The van der Waals surface area contributed by atoms with Crippen molar-refractivity contribution in [3.8, 4) is 0 Å². The van der Waals surface area contributed by atoms with E-state index in [4.69, 9.17) is 4.42 Å². The Hall–Kier alpha value is -0.790. The molecule has 0 amide bonds. The van der Waals surface area contributed by atoms with Crippen LogP contribution in [0.4, 0.5) is 0 Å². The van der Waals surface area contributed by atoms with Crippen LogP contribution in [0.3, 0.4) is 0 Å². The summed E-state index contributed by atoms with van der Waals surface area (Å²) in [5, 5.41) is 0. The molecule has 0 aliphatic heterocycles. The second-order valence-corrected chi connectivity index (χ2v) is 6.43. The number of hydrogen-bond acceptors (Lipinski definition) is 2. The molecule has 0 bridgehead atoms. The maximum atomic E-state index is 5.78. The van der Waals surface area contributed by atoms with Crippen molar-refractivity contribution in [1.29, 1.82) is 0 Å². The van der Waals surface area contributed by atoms with Crippen molar-refractivity contribution in [3.05, 3.63) is 17.8 Å². The standard InChI is InChI=1S/C15H25NO/c1-5-13-10-16-14(17-13)11-6-8-12(9-7-11)15(2,3)4/h10-12H,5-9H2,1-4H3. The lowest BCUT2D eigenvalue weighted by atomic mass is 9.70. The quantitative estimate of drug-likeness (QED) is 0.751. The first-order valence-electron chi connectivity index (χ1n) is 6.95. The maximum Gasteiger partial charge on any atom is 0.197 e. The molecule has 1 aliphatic carbocycles. The van der Waals surface area contributed by atoms with Gasteiger partial charge in [-0.1, -0.05) is 27.7 Å². The summed E-state index contributed by atoms with van der Waals surface area (Å²) in [5.41, 5.74) is 0.455.